The minimum absolute atomic E-state index is 0.0188. The highest BCUT2D eigenvalue weighted by Crippen LogP contribution is 2.21. The average Bonchev–Trinajstić information content (AvgIpc) is 2.50. The summed E-state index contributed by atoms with van der Waals surface area (Å²) in [6.45, 7) is 5.84. The van der Waals surface area contributed by atoms with Crippen molar-refractivity contribution >= 4 is 5.91 Å². The summed E-state index contributed by atoms with van der Waals surface area (Å²) in [6.07, 6.45) is 2.43. The van der Waals surface area contributed by atoms with E-state index in [1.54, 1.807) is 0 Å². The third-order valence-electron chi connectivity index (χ3n) is 4.15. The maximum absolute atomic E-state index is 12.3. The molecule has 1 aliphatic heterocycles. The first-order chi connectivity index (χ1) is 10.0. The summed E-state index contributed by atoms with van der Waals surface area (Å²) in [6, 6.07) is 8.12. The molecule has 3 N–H and O–H groups in total. The summed E-state index contributed by atoms with van der Waals surface area (Å²) in [5.74, 6) is 0.0709. The summed E-state index contributed by atoms with van der Waals surface area (Å²) < 4.78 is 0. The predicted molar refractivity (Wildman–Crippen MR) is 83.9 cm³/mol. The summed E-state index contributed by atoms with van der Waals surface area (Å²) in [5.41, 5.74) is 2.56. The molecule has 0 aromatic heterocycles. The van der Waals surface area contributed by atoms with Crippen LogP contribution in [0.1, 0.15) is 37.8 Å². The van der Waals surface area contributed by atoms with Crippen LogP contribution in [0.2, 0.25) is 0 Å². The Morgan fingerprint density at radius 2 is 2.10 bits per heavy atom. The van der Waals surface area contributed by atoms with Crippen molar-refractivity contribution in [2.45, 2.75) is 45.7 Å². The molecule has 1 heterocycles. The second kappa shape index (κ2) is 7.05. The first kappa shape index (κ1) is 16.0. The van der Waals surface area contributed by atoms with Crippen LogP contribution in [0.15, 0.2) is 24.3 Å². The van der Waals surface area contributed by atoms with Gasteiger partial charge in [-0.25, -0.2) is 0 Å². The number of rotatable bonds is 6. The van der Waals surface area contributed by atoms with Gasteiger partial charge in [0, 0.05) is 19.7 Å². The fourth-order valence-corrected chi connectivity index (χ4v) is 2.74. The molecule has 1 aliphatic rings. The molecule has 4 heteroatoms. The van der Waals surface area contributed by atoms with E-state index >= 15 is 0 Å². The Hall–Kier alpha value is -1.39. The summed E-state index contributed by atoms with van der Waals surface area (Å²) in [7, 11) is 0. The van der Waals surface area contributed by atoms with Gasteiger partial charge in [-0.05, 0) is 35.8 Å². The number of nitrogens with one attached hydrogen (secondary N) is 2. The van der Waals surface area contributed by atoms with E-state index in [9.17, 15) is 4.79 Å². The van der Waals surface area contributed by atoms with Crippen molar-refractivity contribution in [3.05, 3.63) is 35.4 Å². The van der Waals surface area contributed by atoms with Crippen molar-refractivity contribution in [3.63, 3.8) is 0 Å². The van der Waals surface area contributed by atoms with E-state index in [1.807, 2.05) is 12.1 Å². The number of fused-ring (bicyclic) bond motifs is 1. The smallest absolute Gasteiger partial charge is 0.237 e. The highest BCUT2D eigenvalue weighted by Gasteiger charge is 2.25. The van der Waals surface area contributed by atoms with Gasteiger partial charge in [0.2, 0.25) is 5.91 Å². The molecule has 2 rings (SSSR count). The standard InChI is InChI=1S/C17H26N2O2/c1-17(2,8-5-9-20)12-19-16(21)15-10-13-6-3-4-7-14(13)11-18-15/h3-4,6-7,15,18,20H,5,8-12H2,1-2H3,(H,19,21). The minimum Gasteiger partial charge on any atom is -0.396 e. The van der Waals surface area contributed by atoms with E-state index in [4.69, 9.17) is 5.11 Å². The molecular formula is C17H26N2O2. The summed E-state index contributed by atoms with van der Waals surface area (Å²) >= 11 is 0. The lowest BCUT2D eigenvalue weighted by molar-refractivity contribution is -0.123. The van der Waals surface area contributed by atoms with Gasteiger partial charge in [0.05, 0.1) is 6.04 Å². The Morgan fingerprint density at radius 3 is 2.81 bits per heavy atom. The second-order valence-corrected chi connectivity index (χ2v) is 6.62. The van der Waals surface area contributed by atoms with Crippen molar-refractivity contribution in [2.24, 2.45) is 5.41 Å². The van der Waals surface area contributed by atoms with Gasteiger partial charge >= 0.3 is 0 Å². The van der Waals surface area contributed by atoms with Gasteiger partial charge in [-0.15, -0.1) is 0 Å². The van der Waals surface area contributed by atoms with Crippen LogP contribution in [-0.4, -0.2) is 30.2 Å². The van der Waals surface area contributed by atoms with Gasteiger partial charge in [-0.1, -0.05) is 38.1 Å². The summed E-state index contributed by atoms with van der Waals surface area (Å²) in [4.78, 5) is 12.3. The minimum atomic E-state index is -0.145. The van der Waals surface area contributed by atoms with Crippen LogP contribution in [0.5, 0.6) is 0 Å². The molecule has 1 aromatic rings. The first-order valence-electron chi connectivity index (χ1n) is 7.70. The Morgan fingerprint density at radius 1 is 1.38 bits per heavy atom. The van der Waals surface area contributed by atoms with Crippen LogP contribution in [-0.2, 0) is 17.8 Å². The van der Waals surface area contributed by atoms with E-state index in [-0.39, 0.29) is 24.0 Å². The van der Waals surface area contributed by atoms with Crippen LogP contribution in [0.3, 0.4) is 0 Å². The van der Waals surface area contributed by atoms with Crippen molar-refractivity contribution in [1.82, 2.24) is 10.6 Å². The molecule has 1 amide bonds. The number of carbonyl (C=O) groups is 1. The van der Waals surface area contributed by atoms with Crippen LogP contribution in [0, 0.1) is 5.41 Å². The van der Waals surface area contributed by atoms with Crippen molar-refractivity contribution in [1.29, 1.82) is 0 Å². The molecule has 0 fully saturated rings. The molecule has 0 saturated carbocycles. The molecule has 21 heavy (non-hydrogen) atoms. The number of benzene rings is 1. The van der Waals surface area contributed by atoms with Gasteiger partial charge in [0.15, 0.2) is 0 Å². The zero-order valence-electron chi connectivity index (χ0n) is 13.0. The number of hydrogen-bond donors (Lipinski definition) is 3. The Labute approximate surface area is 126 Å². The quantitative estimate of drug-likeness (QED) is 0.746. The van der Waals surface area contributed by atoms with Crippen molar-refractivity contribution in [2.75, 3.05) is 13.2 Å². The van der Waals surface area contributed by atoms with E-state index in [0.717, 1.165) is 25.8 Å². The number of aliphatic hydroxyl groups excluding tert-OH is 1. The Balaban J connectivity index is 1.85. The molecule has 0 spiro atoms. The van der Waals surface area contributed by atoms with E-state index in [2.05, 4.69) is 36.6 Å². The first-order valence-corrected chi connectivity index (χ1v) is 7.70. The maximum Gasteiger partial charge on any atom is 0.237 e. The SMILES string of the molecule is CC(C)(CCCO)CNC(=O)C1Cc2ccccc2CN1. The van der Waals surface area contributed by atoms with E-state index in [1.165, 1.54) is 11.1 Å². The average molecular weight is 290 g/mol. The highest BCUT2D eigenvalue weighted by molar-refractivity contribution is 5.82. The fourth-order valence-electron chi connectivity index (χ4n) is 2.74. The molecule has 4 nitrogen and oxygen atoms in total. The highest BCUT2D eigenvalue weighted by atomic mass is 16.2. The Kier molecular flexibility index (Phi) is 5.37. The third kappa shape index (κ3) is 4.55. The maximum atomic E-state index is 12.3. The number of carbonyl (C=O) groups excluding carboxylic acids is 1. The van der Waals surface area contributed by atoms with Crippen LogP contribution < -0.4 is 10.6 Å². The van der Waals surface area contributed by atoms with Gasteiger partial charge in [0.1, 0.15) is 0 Å². The van der Waals surface area contributed by atoms with Crippen molar-refractivity contribution in [3.8, 4) is 0 Å². The zero-order chi connectivity index (χ0) is 15.3. The lowest BCUT2D eigenvalue weighted by Gasteiger charge is -2.28. The van der Waals surface area contributed by atoms with Crippen LogP contribution in [0.25, 0.3) is 0 Å². The molecule has 0 saturated heterocycles. The molecule has 1 atom stereocenters. The third-order valence-corrected chi connectivity index (χ3v) is 4.15. The molecule has 1 unspecified atom stereocenters. The lowest BCUT2D eigenvalue weighted by Crippen LogP contribution is -2.49. The van der Waals surface area contributed by atoms with Gasteiger partial charge < -0.3 is 15.7 Å². The van der Waals surface area contributed by atoms with Gasteiger partial charge in [-0.3, -0.25) is 4.79 Å². The van der Waals surface area contributed by atoms with Crippen LogP contribution in [0.4, 0.5) is 0 Å². The lowest BCUT2D eigenvalue weighted by atomic mass is 9.87. The van der Waals surface area contributed by atoms with Crippen molar-refractivity contribution < 1.29 is 9.90 Å². The largest absolute Gasteiger partial charge is 0.396 e. The zero-order valence-corrected chi connectivity index (χ0v) is 13.0. The van der Waals surface area contributed by atoms with E-state index < -0.39 is 0 Å². The molecule has 1 aromatic carbocycles. The number of hydrogen-bond acceptors (Lipinski definition) is 3. The van der Waals surface area contributed by atoms with E-state index in [0.29, 0.717) is 6.54 Å². The molecular weight excluding hydrogens is 264 g/mol. The molecule has 0 radical (unpaired) electrons. The predicted octanol–water partition coefficient (Wildman–Crippen LogP) is 1.62. The molecule has 116 valence electrons. The molecule has 0 bridgehead atoms. The monoisotopic (exact) mass is 290 g/mol. The summed E-state index contributed by atoms with van der Waals surface area (Å²) in [5, 5.41) is 15.3. The normalized spacial score (nSPS) is 18.1. The number of amides is 1. The fraction of sp³-hybridized carbons (Fsp3) is 0.588. The number of aliphatic hydroxyl groups is 1. The van der Waals surface area contributed by atoms with Gasteiger partial charge in [0.25, 0.3) is 0 Å². The molecule has 0 aliphatic carbocycles. The second-order valence-electron chi connectivity index (χ2n) is 6.62. The van der Waals surface area contributed by atoms with Gasteiger partial charge in [-0.2, -0.15) is 0 Å². The topological polar surface area (TPSA) is 61.4 Å². The Bertz CT molecular complexity index is 485. The van der Waals surface area contributed by atoms with Crippen LogP contribution >= 0.6 is 0 Å².